The minimum absolute atomic E-state index is 0.141. The summed E-state index contributed by atoms with van der Waals surface area (Å²) in [6.45, 7) is 3.16. The van der Waals surface area contributed by atoms with Crippen LogP contribution in [0.1, 0.15) is 24.6 Å². The van der Waals surface area contributed by atoms with Gasteiger partial charge in [0.25, 0.3) is 10.0 Å². The summed E-state index contributed by atoms with van der Waals surface area (Å²) in [5.41, 5.74) is 0.748. The van der Waals surface area contributed by atoms with Gasteiger partial charge < -0.3 is 4.74 Å². The van der Waals surface area contributed by atoms with Crippen molar-refractivity contribution in [3.05, 3.63) is 36.3 Å². The maximum atomic E-state index is 12.4. The average molecular weight is 322 g/mol. The highest BCUT2D eigenvalue weighted by Gasteiger charge is 2.21. The molecule has 22 heavy (non-hydrogen) atoms. The second-order valence-corrected chi connectivity index (χ2v) is 6.95. The number of aromatic nitrogens is 3. The zero-order valence-electron chi connectivity index (χ0n) is 12.3. The third-order valence-corrected chi connectivity index (χ3v) is 4.89. The molecule has 118 valence electrons. The number of rotatable bonds is 4. The third-order valence-electron chi connectivity index (χ3n) is 3.58. The lowest BCUT2D eigenvalue weighted by Crippen LogP contribution is -2.20. The minimum atomic E-state index is -3.68. The zero-order chi connectivity index (χ0) is 15.6. The van der Waals surface area contributed by atoms with E-state index in [2.05, 4.69) is 14.8 Å². The van der Waals surface area contributed by atoms with Crippen LogP contribution in [-0.4, -0.2) is 36.4 Å². The van der Waals surface area contributed by atoms with E-state index in [4.69, 9.17) is 4.74 Å². The number of ether oxygens (including phenoxy) is 1. The number of aryl methyl sites for hydroxylation is 1. The van der Waals surface area contributed by atoms with Crippen LogP contribution in [0.3, 0.4) is 0 Å². The molecule has 0 aliphatic carbocycles. The Morgan fingerprint density at radius 1 is 1.32 bits per heavy atom. The third kappa shape index (κ3) is 3.28. The highest BCUT2D eigenvalue weighted by atomic mass is 32.2. The number of anilines is 1. The molecule has 1 saturated heterocycles. The highest BCUT2D eigenvalue weighted by Crippen LogP contribution is 2.22. The van der Waals surface area contributed by atoms with Crippen molar-refractivity contribution in [1.82, 2.24) is 14.8 Å². The van der Waals surface area contributed by atoms with E-state index in [-0.39, 0.29) is 10.9 Å². The van der Waals surface area contributed by atoms with Crippen LogP contribution in [0.15, 0.2) is 35.5 Å². The molecule has 0 aromatic carbocycles. The minimum Gasteiger partial charge on any atom is -0.381 e. The standard InChI is InChI=1S/C14H18N4O3S/c1-11-3-2-4-14(16-11)17-22(19,20)13-9-15-18(10-13)12-5-7-21-8-6-12/h2-4,9-10,12H,5-8H2,1H3,(H,16,17). The Labute approximate surface area is 129 Å². The van der Waals surface area contributed by atoms with Crippen molar-refractivity contribution in [2.24, 2.45) is 0 Å². The second kappa shape index (κ2) is 6.05. The Hall–Kier alpha value is -1.93. The number of nitrogens with one attached hydrogen (secondary N) is 1. The molecule has 3 heterocycles. The van der Waals surface area contributed by atoms with Crippen LogP contribution in [0.2, 0.25) is 0 Å². The summed E-state index contributed by atoms with van der Waals surface area (Å²) in [5.74, 6) is 0.304. The molecule has 1 aliphatic rings. The van der Waals surface area contributed by atoms with Crippen molar-refractivity contribution in [2.75, 3.05) is 17.9 Å². The Kier molecular flexibility index (Phi) is 4.12. The molecule has 1 aliphatic heterocycles. The summed E-state index contributed by atoms with van der Waals surface area (Å²) in [7, 11) is -3.68. The van der Waals surface area contributed by atoms with Gasteiger partial charge in [-0.15, -0.1) is 0 Å². The SMILES string of the molecule is Cc1cccc(NS(=O)(=O)c2cnn(C3CCOCC3)c2)n1. The average Bonchev–Trinajstić information content (AvgIpc) is 2.98. The number of nitrogens with zero attached hydrogens (tertiary/aromatic N) is 3. The summed E-state index contributed by atoms with van der Waals surface area (Å²) >= 11 is 0. The topological polar surface area (TPSA) is 86.1 Å². The molecule has 0 spiro atoms. The molecule has 0 saturated carbocycles. The second-order valence-electron chi connectivity index (χ2n) is 5.27. The van der Waals surface area contributed by atoms with Gasteiger partial charge in [-0.1, -0.05) is 6.07 Å². The normalized spacial score (nSPS) is 16.6. The lowest BCUT2D eigenvalue weighted by molar-refractivity contribution is 0.0662. The number of pyridine rings is 1. The van der Waals surface area contributed by atoms with E-state index in [0.29, 0.717) is 19.0 Å². The van der Waals surface area contributed by atoms with Gasteiger partial charge >= 0.3 is 0 Å². The van der Waals surface area contributed by atoms with Crippen molar-refractivity contribution < 1.29 is 13.2 Å². The van der Waals surface area contributed by atoms with Crippen LogP contribution in [0.25, 0.3) is 0 Å². The van der Waals surface area contributed by atoms with E-state index in [0.717, 1.165) is 18.5 Å². The fourth-order valence-corrected chi connectivity index (χ4v) is 3.34. The first-order valence-electron chi connectivity index (χ1n) is 7.13. The van der Waals surface area contributed by atoms with Crippen LogP contribution in [-0.2, 0) is 14.8 Å². The van der Waals surface area contributed by atoms with Crippen molar-refractivity contribution in [1.29, 1.82) is 0 Å². The van der Waals surface area contributed by atoms with Crippen LogP contribution < -0.4 is 4.72 Å². The van der Waals surface area contributed by atoms with Gasteiger partial charge in [0.15, 0.2) is 0 Å². The summed E-state index contributed by atoms with van der Waals surface area (Å²) in [4.78, 5) is 4.29. The predicted octanol–water partition coefficient (Wildman–Crippen LogP) is 1.74. The maximum absolute atomic E-state index is 12.4. The van der Waals surface area contributed by atoms with Crippen molar-refractivity contribution in [3.8, 4) is 0 Å². The van der Waals surface area contributed by atoms with Gasteiger partial charge in [-0.3, -0.25) is 9.40 Å². The molecule has 2 aromatic rings. The smallest absolute Gasteiger partial charge is 0.266 e. The fourth-order valence-electron chi connectivity index (χ4n) is 2.41. The predicted molar refractivity (Wildman–Crippen MR) is 81.1 cm³/mol. The summed E-state index contributed by atoms with van der Waals surface area (Å²) in [5, 5.41) is 4.19. The van der Waals surface area contributed by atoms with Crippen LogP contribution in [0, 0.1) is 6.92 Å². The highest BCUT2D eigenvalue weighted by molar-refractivity contribution is 7.92. The summed E-state index contributed by atoms with van der Waals surface area (Å²) < 4.78 is 34.2. The van der Waals surface area contributed by atoms with Gasteiger partial charge in [0.1, 0.15) is 10.7 Å². The van der Waals surface area contributed by atoms with Gasteiger partial charge in [-0.05, 0) is 31.9 Å². The Morgan fingerprint density at radius 2 is 2.09 bits per heavy atom. The van der Waals surface area contributed by atoms with Gasteiger partial charge in [-0.25, -0.2) is 13.4 Å². The first-order chi connectivity index (χ1) is 10.5. The molecule has 8 heteroatoms. The van der Waals surface area contributed by atoms with Crippen LogP contribution >= 0.6 is 0 Å². The largest absolute Gasteiger partial charge is 0.381 e. The molecule has 2 aromatic heterocycles. The quantitative estimate of drug-likeness (QED) is 0.926. The van der Waals surface area contributed by atoms with Crippen molar-refractivity contribution >= 4 is 15.8 Å². The van der Waals surface area contributed by atoms with Gasteiger partial charge in [0.2, 0.25) is 0 Å². The van der Waals surface area contributed by atoms with E-state index < -0.39 is 10.0 Å². The fraction of sp³-hybridized carbons (Fsp3) is 0.429. The van der Waals surface area contributed by atoms with E-state index >= 15 is 0 Å². The summed E-state index contributed by atoms with van der Waals surface area (Å²) in [6.07, 6.45) is 4.61. The molecular weight excluding hydrogens is 304 g/mol. The molecule has 3 rings (SSSR count). The number of hydrogen-bond donors (Lipinski definition) is 1. The molecule has 1 fully saturated rings. The molecule has 0 bridgehead atoms. The Balaban J connectivity index is 1.79. The monoisotopic (exact) mass is 322 g/mol. The van der Waals surface area contributed by atoms with Gasteiger partial charge in [0.05, 0.1) is 12.2 Å². The Bertz CT molecular complexity index is 751. The van der Waals surface area contributed by atoms with E-state index in [1.165, 1.54) is 6.20 Å². The molecule has 0 atom stereocenters. The molecule has 1 N–H and O–H groups in total. The zero-order valence-corrected chi connectivity index (χ0v) is 13.1. The molecule has 0 radical (unpaired) electrons. The lowest BCUT2D eigenvalue weighted by atomic mass is 10.1. The van der Waals surface area contributed by atoms with Crippen LogP contribution in [0.4, 0.5) is 5.82 Å². The first-order valence-corrected chi connectivity index (χ1v) is 8.61. The van der Waals surface area contributed by atoms with E-state index in [9.17, 15) is 8.42 Å². The number of sulfonamides is 1. The van der Waals surface area contributed by atoms with E-state index in [1.54, 1.807) is 36.0 Å². The first kappa shape index (κ1) is 15.0. The lowest BCUT2D eigenvalue weighted by Gasteiger charge is -2.22. The molecule has 0 unspecified atom stereocenters. The molecular formula is C14H18N4O3S. The van der Waals surface area contributed by atoms with E-state index in [1.807, 2.05) is 0 Å². The molecule has 0 amide bonds. The van der Waals surface area contributed by atoms with Crippen molar-refractivity contribution in [3.63, 3.8) is 0 Å². The number of hydrogen-bond acceptors (Lipinski definition) is 5. The Morgan fingerprint density at radius 3 is 2.82 bits per heavy atom. The van der Waals surface area contributed by atoms with Crippen LogP contribution in [0.5, 0.6) is 0 Å². The van der Waals surface area contributed by atoms with Gasteiger partial charge in [-0.2, -0.15) is 5.10 Å². The molecule has 7 nitrogen and oxygen atoms in total. The van der Waals surface area contributed by atoms with Crippen molar-refractivity contribution in [2.45, 2.75) is 30.7 Å². The van der Waals surface area contributed by atoms with Gasteiger partial charge in [0, 0.05) is 25.1 Å². The summed E-state index contributed by atoms with van der Waals surface area (Å²) in [6, 6.07) is 5.37. The maximum Gasteiger partial charge on any atom is 0.266 e.